The Balaban J connectivity index is 1.52. The Labute approximate surface area is 180 Å². The fraction of sp³-hybridized carbons (Fsp3) is 0.231. The molecule has 4 aromatic rings. The van der Waals surface area contributed by atoms with Crippen molar-refractivity contribution in [2.45, 2.75) is 33.3 Å². The van der Waals surface area contributed by atoms with Gasteiger partial charge in [0.05, 0.1) is 6.61 Å². The van der Waals surface area contributed by atoms with Crippen molar-refractivity contribution >= 4 is 27.7 Å². The maximum Gasteiger partial charge on any atom is 0.339 e. The van der Waals surface area contributed by atoms with Crippen LogP contribution in [0.2, 0.25) is 0 Å². The van der Waals surface area contributed by atoms with Crippen LogP contribution in [-0.2, 0) is 22.6 Å². The molecule has 158 valence electrons. The number of esters is 1. The molecule has 5 nitrogen and oxygen atoms in total. The van der Waals surface area contributed by atoms with E-state index in [0.717, 1.165) is 16.5 Å². The van der Waals surface area contributed by atoms with Crippen LogP contribution in [0.3, 0.4) is 0 Å². The Morgan fingerprint density at radius 3 is 2.61 bits per heavy atom. The minimum atomic E-state index is -0.430. The second-order valence-corrected chi connectivity index (χ2v) is 7.43. The van der Waals surface area contributed by atoms with Crippen LogP contribution in [0, 0.1) is 6.92 Å². The molecule has 0 aliphatic heterocycles. The molecule has 0 spiro atoms. The maximum atomic E-state index is 12.5. The molecule has 31 heavy (non-hydrogen) atoms. The minimum absolute atomic E-state index is 0.151. The lowest BCUT2D eigenvalue weighted by molar-refractivity contribution is -0.143. The highest BCUT2D eigenvalue weighted by Crippen LogP contribution is 2.25. The molecule has 1 heterocycles. The van der Waals surface area contributed by atoms with Crippen molar-refractivity contribution in [2.24, 2.45) is 0 Å². The topological polar surface area (TPSA) is 65.7 Å². The van der Waals surface area contributed by atoms with E-state index in [1.165, 1.54) is 10.8 Å². The minimum Gasteiger partial charge on any atom is -0.489 e. The van der Waals surface area contributed by atoms with Gasteiger partial charge in [0.1, 0.15) is 17.9 Å². The van der Waals surface area contributed by atoms with E-state index >= 15 is 0 Å². The predicted molar refractivity (Wildman–Crippen MR) is 120 cm³/mol. The number of carbonyl (C=O) groups is 1. The van der Waals surface area contributed by atoms with Gasteiger partial charge in [0.15, 0.2) is 0 Å². The van der Waals surface area contributed by atoms with E-state index in [1.54, 1.807) is 13.0 Å². The van der Waals surface area contributed by atoms with Gasteiger partial charge in [0, 0.05) is 23.4 Å². The smallest absolute Gasteiger partial charge is 0.339 e. The first-order chi connectivity index (χ1) is 15.0. The summed E-state index contributed by atoms with van der Waals surface area (Å²) in [5.74, 6) is 0.307. The van der Waals surface area contributed by atoms with E-state index in [-0.39, 0.29) is 12.4 Å². The van der Waals surface area contributed by atoms with E-state index in [2.05, 4.69) is 24.3 Å². The fourth-order valence-electron chi connectivity index (χ4n) is 3.71. The highest BCUT2D eigenvalue weighted by atomic mass is 16.5. The van der Waals surface area contributed by atoms with Crippen molar-refractivity contribution in [3.8, 4) is 5.75 Å². The molecule has 0 bridgehead atoms. The molecule has 1 aromatic heterocycles. The van der Waals surface area contributed by atoms with E-state index < -0.39 is 5.63 Å². The summed E-state index contributed by atoms with van der Waals surface area (Å²) in [6.07, 6.45) is 0.445. The van der Waals surface area contributed by atoms with Gasteiger partial charge in [-0.2, -0.15) is 0 Å². The van der Waals surface area contributed by atoms with Crippen LogP contribution >= 0.6 is 0 Å². The molecule has 0 atom stereocenters. The lowest BCUT2D eigenvalue weighted by Gasteiger charge is -2.10. The van der Waals surface area contributed by atoms with E-state index in [1.807, 2.05) is 37.3 Å². The Morgan fingerprint density at radius 2 is 1.81 bits per heavy atom. The van der Waals surface area contributed by atoms with Crippen LogP contribution in [-0.4, -0.2) is 12.6 Å². The molecule has 0 saturated carbocycles. The van der Waals surface area contributed by atoms with Crippen molar-refractivity contribution < 1.29 is 18.7 Å². The van der Waals surface area contributed by atoms with Gasteiger partial charge in [0.25, 0.3) is 0 Å². The molecule has 0 N–H and O–H groups in total. The summed E-state index contributed by atoms with van der Waals surface area (Å²) in [6, 6.07) is 19.9. The first-order valence-corrected chi connectivity index (χ1v) is 10.4. The van der Waals surface area contributed by atoms with Crippen LogP contribution in [0.15, 0.2) is 69.9 Å². The number of benzene rings is 3. The van der Waals surface area contributed by atoms with Crippen LogP contribution in [0.5, 0.6) is 5.75 Å². The number of fused-ring (bicyclic) bond motifs is 2. The van der Waals surface area contributed by atoms with E-state index in [0.29, 0.717) is 36.5 Å². The molecular weight excluding hydrogens is 392 g/mol. The van der Waals surface area contributed by atoms with Crippen LogP contribution < -0.4 is 10.4 Å². The Bertz CT molecular complexity index is 1300. The van der Waals surface area contributed by atoms with Crippen LogP contribution in [0.1, 0.15) is 30.0 Å². The second-order valence-electron chi connectivity index (χ2n) is 7.43. The Kier molecular flexibility index (Phi) is 6.03. The van der Waals surface area contributed by atoms with Gasteiger partial charge >= 0.3 is 11.6 Å². The molecule has 4 rings (SSSR count). The fourth-order valence-corrected chi connectivity index (χ4v) is 3.71. The second kappa shape index (κ2) is 9.04. The van der Waals surface area contributed by atoms with Gasteiger partial charge < -0.3 is 13.9 Å². The van der Waals surface area contributed by atoms with Crippen LogP contribution in [0.25, 0.3) is 21.7 Å². The SMILES string of the molecule is CCOC(=O)CCc1c(C)c2ccc(OCc3ccc4ccccc4c3)cc2oc1=O. The number of aryl methyl sites for hydroxylation is 1. The number of rotatable bonds is 7. The molecule has 0 aliphatic carbocycles. The normalized spacial score (nSPS) is 11.0. The highest BCUT2D eigenvalue weighted by molar-refractivity contribution is 5.83. The predicted octanol–water partition coefficient (Wildman–Crippen LogP) is 5.33. The Hall–Kier alpha value is -3.60. The number of carbonyl (C=O) groups excluding carboxylic acids is 1. The molecule has 0 unspecified atom stereocenters. The van der Waals surface area contributed by atoms with Gasteiger partial charge in [-0.25, -0.2) is 4.79 Å². The lowest BCUT2D eigenvalue weighted by Crippen LogP contribution is -2.13. The first-order valence-electron chi connectivity index (χ1n) is 10.4. The molecule has 0 amide bonds. The summed E-state index contributed by atoms with van der Waals surface area (Å²) >= 11 is 0. The van der Waals surface area contributed by atoms with Crippen LogP contribution in [0.4, 0.5) is 0 Å². The molecule has 3 aromatic carbocycles. The first kappa shape index (κ1) is 20.7. The van der Waals surface area contributed by atoms with Gasteiger partial charge in [-0.15, -0.1) is 0 Å². The summed E-state index contributed by atoms with van der Waals surface area (Å²) in [5.41, 5.74) is 2.42. The molecule has 0 aliphatic rings. The Morgan fingerprint density at radius 1 is 1.00 bits per heavy atom. The summed E-state index contributed by atoms with van der Waals surface area (Å²) in [4.78, 5) is 24.1. The van der Waals surface area contributed by atoms with Gasteiger partial charge in [-0.1, -0.05) is 36.4 Å². The van der Waals surface area contributed by atoms with Crippen molar-refractivity contribution in [3.63, 3.8) is 0 Å². The highest BCUT2D eigenvalue weighted by Gasteiger charge is 2.14. The summed E-state index contributed by atoms with van der Waals surface area (Å²) in [7, 11) is 0. The van der Waals surface area contributed by atoms with Crippen molar-refractivity contribution in [3.05, 3.63) is 87.8 Å². The average molecular weight is 416 g/mol. The van der Waals surface area contributed by atoms with Gasteiger partial charge in [-0.3, -0.25) is 4.79 Å². The summed E-state index contributed by atoms with van der Waals surface area (Å²) in [6.45, 7) is 4.37. The lowest BCUT2D eigenvalue weighted by atomic mass is 10.0. The zero-order valence-electron chi connectivity index (χ0n) is 17.6. The molecule has 0 fully saturated rings. The number of hydrogen-bond acceptors (Lipinski definition) is 5. The van der Waals surface area contributed by atoms with Gasteiger partial charge in [0.2, 0.25) is 0 Å². The van der Waals surface area contributed by atoms with E-state index in [9.17, 15) is 9.59 Å². The third-order valence-corrected chi connectivity index (χ3v) is 5.36. The molecule has 5 heteroatoms. The number of ether oxygens (including phenoxy) is 2. The van der Waals surface area contributed by atoms with Crippen molar-refractivity contribution in [1.29, 1.82) is 0 Å². The molecule has 0 radical (unpaired) electrons. The molecule has 0 saturated heterocycles. The summed E-state index contributed by atoms with van der Waals surface area (Å²) in [5, 5.41) is 3.18. The zero-order chi connectivity index (χ0) is 21.8. The van der Waals surface area contributed by atoms with Crippen molar-refractivity contribution in [2.75, 3.05) is 6.61 Å². The standard InChI is InChI=1S/C26H24O5/c1-3-29-25(27)13-12-23-17(2)22-11-10-21(15-24(22)31-26(23)28)30-16-18-8-9-19-6-4-5-7-20(19)14-18/h4-11,14-15H,3,12-13,16H2,1-2H3. The van der Waals surface area contributed by atoms with Gasteiger partial charge in [-0.05, 0) is 60.4 Å². The largest absolute Gasteiger partial charge is 0.489 e. The zero-order valence-corrected chi connectivity index (χ0v) is 17.6. The third-order valence-electron chi connectivity index (χ3n) is 5.36. The van der Waals surface area contributed by atoms with E-state index in [4.69, 9.17) is 13.9 Å². The third kappa shape index (κ3) is 4.61. The monoisotopic (exact) mass is 416 g/mol. The number of hydrogen-bond donors (Lipinski definition) is 0. The average Bonchev–Trinajstić information content (AvgIpc) is 2.77. The summed E-state index contributed by atoms with van der Waals surface area (Å²) < 4.78 is 16.4. The maximum absolute atomic E-state index is 12.5. The quantitative estimate of drug-likeness (QED) is 0.301. The molecular formula is C26H24O5. The van der Waals surface area contributed by atoms with Crippen molar-refractivity contribution in [1.82, 2.24) is 0 Å².